The zero-order chi connectivity index (χ0) is 20.1. The van der Waals surface area contributed by atoms with Gasteiger partial charge in [-0.1, -0.05) is 5.16 Å². The van der Waals surface area contributed by atoms with Crippen LogP contribution < -0.4 is 4.74 Å². The van der Waals surface area contributed by atoms with Gasteiger partial charge in [0.15, 0.2) is 0 Å². The Morgan fingerprint density at radius 2 is 1.89 bits per heavy atom. The average Bonchev–Trinajstić information content (AvgIpc) is 3.18. The van der Waals surface area contributed by atoms with E-state index in [0.29, 0.717) is 30.4 Å². The van der Waals surface area contributed by atoms with E-state index in [9.17, 15) is 4.79 Å². The number of carbonyl (C=O) groups is 1. The fraction of sp³-hybridized carbons (Fsp3) is 0.611. The van der Waals surface area contributed by atoms with Crippen LogP contribution in [0, 0.1) is 0 Å². The van der Waals surface area contributed by atoms with Gasteiger partial charge in [-0.25, -0.2) is 14.8 Å². The van der Waals surface area contributed by atoms with Crippen LogP contribution >= 0.6 is 0 Å². The highest BCUT2D eigenvalue weighted by Gasteiger charge is 2.27. The van der Waals surface area contributed by atoms with Gasteiger partial charge in [-0.05, 0) is 33.6 Å². The third-order valence-corrected chi connectivity index (χ3v) is 4.29. The van der Waals surface area contributed by atoms with Crippen LogP contribution in [-0.2, 0) is 9.47 Å². The summed E-state index contributed by atoms with van der Waals surface area (Å²) in [6.07, 6.45) is 3.84. The highest BCUT2D eigenvalue weighted by Crippen LogP contribution is 2.25. The molecule has 0 saturated carbocycles. The summed E-state index contributed by atoms with van der Waals surface area (Å²) in [4.78, 5) is 26.1. The van der Waals surface area contributed by atoms with E-state index in [2.05, 4.69) is 20.1 Å². The minimum absolute atomic E-state index is 0.0118. The molecule has 3 rings (SSSR count). The van der Waals surface area contributed by atoms with E-state index in [1.165, 1.54) is 7.11 Å². The van der Waals surface area contributed by atoms with Gasteiger partial charge in [-0.3, -0.25) is 0 Å². The number of hydrogen-bond donors (Lipinski definition) is 0. The van der Waals surface area contributed by atoms with Crippen LogP contribution in [0.4, 0.5) is 4.79 Å². The van der Waals surface area contributed by atoms with E-state index in [1.54, 1.807) is 17.3 Å². The lowest BCUT2D eigenvalue weighted by molar-refractivity contribution is -0.0475. The topological polar surface area (TPSA) is 113 Å². The van der Waals surface area contributed by atoms with Crippen molar-refractivity contribution in [2.75, 3.05) is 20.2 Å². The van der Waals surface area contributed by atoms with Crippen molar-refractivity contribution in [3.63, 3.8) is 0 Å². The second-order valence-corrected chi connectivity index (χ2v) is 6.81. The zero-order valence-corrected chi connectivity index (χ0v) is 16.5. The molecule has 1 aliphatic heterocycles. The van der Waals surface area contributed by atoms with Crippen LogP contribution in [-0.4, -0.2) is 63.5 Å². The van der Waals surface area contributed by atoms with Gasteiger partial charge in [0, 0.05) is 25.5 Å². The standard InChI is InChI=1S/C18H25N5O5/c1-11(2)26-18(24)23-7-5-14(6-8-23)27-12(3)16-21-15(22-28-16)13-9-19-17(25-4)20-10-13/h9-12,14H,5-8H2,1-4H3/t12-/m1/s1. The molecule has 0 aliphatic carbocycles. The van der Waals surface area contributed by atoms with E-state index in [-0.39, 0.29) is 30.4 Å². The van der Waals surface area contributed by atoms with Gasteiger partial charge in [0.1, 0.15) is 6.10 Å². The third kappa shape index (κ3) is 4.94. The van der Waals surface area contributed by atoms with Crippen molar-refractivity contribution in [1.29, 1.82) is 0 Å². The van der Waals surface area contributed by atoms with E-state index in [1.807, 2.05) is 20.8 Å². The lowest BCUT2D eigenvalue weighted by Gasteiger charge is -2.32. The number of piperidine rings is 1. The SMILES string of the molecule is COc1ncc(-c2noc([C@@H](C)OC3CCN(C(=O)OC(C)C)CC3)n2)cn1. The summed E-state index contributed by atoms with van der Waals surface area (Å²) in [5.74, 6) is 0.770. The molecule has 3 heterocycles. The number of rotatable bonds is 6. The molecule has 1 fully saturated rings. The molecule has 152 valence electrons. The summed E-state index contributed by atoms with van der Waals surface area (Å²) in [7, 11) is 1.50. The molecule has 10 nitrogen and oxygen atoms in total. The normalized spacial score (nSPS) is 16.2. The van der Waals surface area contributed by atoms with Gasteiger partial charge in [0.05, 0.1) is 24.9 Å². The minimum atomic E-state index is -0.361. The van der Waals surface area contributed by atoms with Crippen LogP contribution in [0.2, 0.25) is 0 Å². The van der Waals surface area contributed by atoms with Crippen LogP contribution in [0.15, 0.2) is 16.9 Å². The van der Waals surface area contributed by atoms with Gasteiger partial charge < -0.3 is 23.6 Å². The molecule has 10 heteroatoms. The first-order valence-corrected chi connectivity index (χ1v) is 9.27. The Kier molecular flexibility index (Phi) is 6.40. The zero-order valence-electron chi connectivity index (χ0n) is 16.5. The molecule has 0 radical (unpaired) electrons. The molecule has 0 spiro atoms. The maximum atomic E-state index is 11.9. The van der Waals surface area contributed by atoms with Crippen LogP contribution in [0.3, 0.4) is 0 Å². The predicted molar refractivity (Wildman–Crippen MR) is 97.6 cm³/mol. The Labute approximate surface area is 163 Å². The average molecular weight is 391 g/mol. The van der Waals surface area contributed by atoms with Gasteiger partial charge in [0.2, 0.25) is 5.82 Å². The van der Waals surface area contributed by atoms with Gasteiger partial charge in [-0.2, -0.15) is 4.98 Å². The van der Waals surface area contributed by atoms with Crippen LogP contribution in [0.5, 0.6) is 6.01 Å². The van der Waals surface area contributed by atoms with Gasteiger partial charge in [-0.15, -0.1) is 0 Å². The molecule has 1 aliphatic rings. The maximum absolute atomic E-state index is 11.9. The van der Waals surface area contributed by atoms with E-state index in [0.717, 1.165) is 12.8 Å². The van der Waals surface area contributed by atoms with Crippen molar-refractivity contribution in [3.8, 4) is 17.4 Å². The molecule has 2 aromatic rings. The molecule has 0 unspecified atom stereocenters. The van der Waals surface area contributed by atoms with Crippen LogP contribution in [0.1, 0.15) is 45.6 Å². The molecule has 2 aromatic heterocycles. The summed E-state index contributed by atoms with van der Waals surface area (Å²) in [6, 6.07) is 0.271. The van der Waals surface area contributed by atoms with Crippen molar-refractivity contribution in [3.05, 3.63) is 18.3 Å². The Balaban J connectivity index is 1.52. The predicted octanol–water partition coefficient (Wildman–Crippen LogP) is 2.62. The molecule has 0 bridgehead atoms. The molecule has 1 amide bonds. The first-order chi connectivity index (χ1) is 13.5. The quantitative estimate of drug-likeness (QED) is 0.733. The highest BCUT2D eigenvalue weighted by atomic mass is 16.6. The summed E-state index contributed by atoms with van der Waals surface area (Å²) in [5.41, 5.74) is 0.625. The van der Waals surface area contributed by atoms with E-state index >= 15 is 0 Å². The van der Waals surface area contributed by atoms with E-state index in [4.69, 9.17) is 18.7 Å². The smallest absolute Gasteiger partial charge is 0.410 e. The third-order valence-electron chi connectivity index (χ3n) is 4.29. The summed E-state index contributed by atoms with van der Waals surface area (Å²) < 4.78 is 21.5. The Hall–Kier alpha value is -2.75. The number of ether oxygens (including phenoxy) is 3. The number of methoxy groups -OCH3 is 1. The van der Waals surface area contributed by atoms with Crippen molar-refractivity contribution >= 4 is 6.09 Å². The Bertz CT molecular complexity index is 771. The summed E-state index contributed by atoms with van der Waals surface area (Å²) in [5, 5.41) is 3.96. The Morgan fingerprint density at radius 3 is 2.50 bits per heavy atom. The second kappa shape index (κ2) is 8.96. The molecule has 1 saturated heterocycles. The van der Waals surface area contributed by atoms with Crippen molar-refractivity contribution in [2.24, 2.45) is 0 Å². The second-order valence-electron chi connectivity index (χ2n) is 6.81. The summed E-state index contributed by atoms with van der Waals surface area (Å²) in [6.45, 7) is 6.74. The van der Waals surface area contributed by atoms with Gasteiger partial charge >= 0.3 is 12.1 Å². The van der Waals surface area contributed by atoms with Crippen molar-refractivity contribution < 1.29 is 23.5 Å². The molecular formula is C18H25N5O5. The number of hydrogen-bond acceptors (Lipinski definition) is 9. The molecule has 28 heavy (non-hydrogen) atoms. The minimum Gasteiger partial charge on any atom is -0.467 e. The van der Waals surface area contributed by atoms with Crippen molar-refractivity contribution in [2.45, 2.75) is 51.9 Å². The fourth-order valence-corrected chi connectivity index (χ4v) is 2.85. The first-order valence-electron chi connectivity index (χ1n) is 9.27. The van der Waals surface area contributed by atoms with E-state index < -0.39 is 0 Å². The van der Waals surface area contributed by atoms with Gasteiger partial charge in [0.25, 0.3) is 5.89 Å². The Morgan fingerprint density at radius 1 is 1.21 bits per heavy atom. The monoisotopic (exact) mass is 391 g/mol. The fourth-order valence-electron chi connectivity index (χ4n) is 2.85. The number of amides is 1. The highest BCUT2D eigenvalue weighted by molar-refractivity contribution is 5.67. The number of likely N-dealkylation sites (tertiary alicyclic amines) is 1. The van der Waals surface area contributed by atoms with Crippen LogP contribution in [0.25, 0.3) is 11.4 Å². The first kappa shape index (κ1) is 20.0. The molecule has 1 atom stereocenters. The number of aromatic nitrogens is 4. The molecule has 0 N–H and O–H groups in total. The lowest BCUT2D eigenvalue weighted by atomic mass is 10.1. The number of carbonyl (C=O) groups excluding carboxylic acids is 1. The largest absolute Gasteiger partial charge is 0.467 e. The molecular weight excluding hydrogens is 366 g/mol. The number of nitrogens with zero attached hydrogens (tertiary/aromatic N) is 5. The summed E-state index contributed by atoms with van der Waals surface area (Å²) >= 11 is 0. The molecule has 0 aromatic carbocycles. The maximum Gasteiger partial charge on any atom is 0.410 e. The lowest BCUT2D eigenvalue weighted by Crippen LogP contribution is -2.42. The van der Waals surface area contributed by atoms with Crippen molar-refractivity contribution in [1.82, 2.24) is 25.0 Å².